The van der Waals surface area contributed by atoms with Crippen molar-refractivity contribution < 1.29 is 19.0 Å². The number of ether oxygens (including phenoxy) is 3. The van der Waals surface area contributed by atoms with Crippen molar-refractivity contribution >= 4 is 29.3 Å². The van der Waals surface area contributed by atoms with Crippen LogP contribution < -0.4 is 19.5 Å². The number of nitriles is 1. The Bertz CT molecular complexity index is 935. The average molecular weight is 415 g/mol. The molecule has 1 amide bonds. The monoisotopic (exact) mass is 414 g/mol. The number of para-hydroxylation sites is 2. The van der Waals surface area contributed by atoms with Crippen LogP contribution in [-0.4, -0.2) is 26.2 Å². The van der Waals surface area contributed by atoms with Gasteiger partial charge < -0.3 is 19.5 Å². The van der Waals surface area contributed by atoms with Crippen molar-refractivity contribution in [2.24, 2.45) is 0 Å². The summed E-state index contributed by atoms with van der Waals surface area (Å²) in [5.74, 6) is 0.835. The maximum absolute atomic E-state index is 12.6. The molecule has 2 aromatic rings. The molecule has 7 heteroatoms. The van der Waals surface area contributed by atoms with E-state index in [9.17, 15) is 10.1 Å². The molecule has 0 radical (unpaired) electrons. The van der Waals surface area contributed by atoms with E-state index in [0.717, 1.165) is 6.42 Å². The van der Waals surface area contributed by atoms with Gasteiger partial charge in [-0.05, 0) is 49.2 Å². The van der Waals surface area contributed by atoms with Crippen molar-refractivity contribution in [1.29, 1.82) is 5.26 Å². The molecule has 0 heterocycles. The van der Waals surface area contributed by atoms with E-state index in [1.54, 1.807) is 36.4 Å². The van der Waals surface area contributed by atoms with E-state index in [-0.39, 0.29) is 5.57 Å². The zero-order valence-electron chi connectivity index (χ0n) is 16.6. The lowest BCUT2D eigenvalue weighted by atomic mass is 10.1. The Hall–Kier alpha value is -3.17. The highest BCUT2D eigenvalue weighted by Gasteiger charge is 2.15. The molecule has 0 fully saturated rings. The van der Waals surface area contributed by atoms with E-state index in [1.165, 1.54) is 13.2 Å². The van der Waals surface area contributed by atoms with Gasteiger partial charge in [-0.15, -0.1) is 0 Å². The molecule has 2 rings (SSSR count). The van der Waals surface area contributed by atoms with E-state index in [1.807, 2.05) is 19.9 Å². The normalized spacial score (nSPS) is 10.8. The molecule has 0 spiro atoms. The molecule has 0 saturated carbocycles. The lowest BCUT2D eigenvalue weighted by Crippen LogP contribution is -2.14. The van der Waals surface area contributed by atoms with Gasteiger partial charge in [0, 0.05) is 0 Å². The summed E-state index contributed by atoms with van der Waals surface area (Å²) in [6, 6.07) is 12.2. The maximum atomic E-state index is 12.6. The van der Waals surface area contributed by atoms with Crippen LogP contribution in [0.25, 0.3) is 6.08 Å². The topological polar surface area (TPSA) is 80.6 Å². The molecule has 1 N–H and O–H groups in total. The first kappa shape index (κ1) is 22.1. The highest BCUT2D eigenvalue weighted by Crippen LogP contribution is 2.37. The molecule has 0 saturated heterocycles. The number of carbonyl (C=O) groups excluding carboxylic acids is 1. The van der Waals surface area contributed by atoms with Gasteiger partial charge in [0.25, 0.3) is 5.91 Å². The zero-order chi connectivity index (χ0) is 21.2. The van der Waals surface area contributed by atoms with Crippen LogP contribution in [-0.2, 0) is 4.79 Å². The third-order valence-electron chi connectivity index (χ3n) is 3.81. The lowest BCUT2D eigenvalue weighted by Gasteiger charge is -2.13. The van der Waals surface area contributed by atoms with Crippen molar-refractivity contribution in [3.63, 3.8) is 0 Å². The Kier molecular flexibility index (Phi) is 8.38. The van der Waals surface area contributed by atoms with Gasteiger partial charge in [-0.25, -0.2) is 0 Å². The number of methoxy groups -OCH3 is 1. The molecule has 0 aliphatic carbocycles. The number of nitrogens with zero attached hydrogens (tertiary/aromatic N) is 1. The van der Waals surface area contributed by atoms with E-state index in [0.29, 0.717) is 46.7 Å². The van der Waals surface area contributed by atoms with Gasteiger partial charge in [0.2, 0.25) is 0 Å². The number of benzene rings is 2. The second-order valence-corrected chi connectivity index (χ2v) is 6.34. The van der Waals surface area contributed by atoms with Crippen molar-refractivity contribution in [2.45, 2.75) is 20.3 Å². The van der Waals surface area contributed by atoms with Crippen molar-refractivity contribution in [3.05, 3.63) is 52.6 Å². The van der Waals surface area contributed by atoms with Gasteiger partial charge in [-0.2, -0.15) is 5.26 Å². The highest BCUT2D eigenvalue weighted by molar-refractivity contribution is 6.32. The largest absolute Gasteiger partial charge is 0.493 e. The summed E-state index contributed by atoms with van der Waals surface area (Å²) in [6.45, 7) is 4.79. The number of hydrogen-bond donors (Lipinski definition) is 1. The van der Waals surface area contributed by atoms with Crippen molar-refractivity contribution in [1.82, 2.24) is 0 Å². The molecule has 0 aliphatic rings. The lowest BCUT2D eigenvalue weighted by molar-refractivity contribution is -0.112. The third kappa shape index (κ3) is 5.90. The fourth-order valence-corrected chi connectivity index (χ4v) is 2.80. The second-order valence-electron chi connectivity index (χ2n) is 5.94. The van der Waals surface area contributed by atoms with Gasteiger partial charge in [0.15, 0.2) is 11.5 Å². The van der Waals surface area contributed by atoms with Crippen molar-refractivity contribution in [2.75, 3.05) is 25.6 Å². The Morgan fingerprint density at radius 1 is 1.21 bits per heavy atom. The number of amides is 1. The standard InChI is InChI=1S/C22H23ClN2O4/c1-4-10-29-21-17(23)12-15(13-20(21)27-3)11-16(14-24)22(26)25-18-8-6-7-9-19(18)28-5-2/h6-9,11-13H,4-5,10H2,1-3H3,(H,25,26)/b16-11+. The number of carbonyl (C=O) groups is 1. The van der Waals surface area contributed by atoms with E-state index in [2.05, 4.69) is 5.32 Å². The van der Waals surface area contributed by atoms with Crippen LogP contribution in [0.3, 0.4) is 0 Å². The van der Waals surface area contributed by atoms with Gasteiger partial charge in [0.1, 0.15) is 17.4 Å². The summed E-state index contributed by atoms with van der Waals surface area (Å²) in [5, 5.41) is 12.5. The molecule has 0 bridgehead atoms. The summed E-state index contributed by atoms with van der Waals surface area (Å²) >= 11 is 6.31. The maximum Gasteiger partial charge on any atom is 0.266 e. The van der Waals surface area contributed by atoms with Gasteiger partial charge >= 0.3 is 0 Å². The van der Waals surface area contributed by atoms with Crippen LogP contribution in [0.1, 0.15) is 25.8 Å². The fourth-order valence-electron chi connectivity index (χ4n) is 2.52. The SMILES string of the molecule is CCCOc1c(Cl)cc(/C=C(\C#N)C(=O)Nc2ccccc2OCC)cc1OC. The predicted molar refractivity (Wildman–Crippen MR) is 114 cm³/mol. The Morgan fingerprint density at radius 2 is 1.97 bits per heavy atom. The zero-order valence-corrected chi connectivity index (χ0v) is 17.4. The summed E-state index contributed by atoms with van der Waals surface area (Å²) in [4.78, 5) is 12.6. The number of hydrogen-bond acceptors (Lipinski definition) is 5. The Labute approximate surface area is 175 Å². The Balaban J connectivity index is 2.31. The van der Waals surface area contributed by atoms with Crippen LogP contribution >= 0.6 is 11.6 Å². The number of anilines is 1. The van der Waals surface area contributed by atoms with Crippen LogP contribution in [0, 0.1) is 11.3 Å². The van der Waals surface area contributed by atoms with Crippen LogP contribution in [0.15, 0.2) is 42.0 Å². The highest BCUT2D eigenvalue weighted by atomic mass is 35.5. The molecule has 2 aromatic carbocycles. The summed E-state index contributed by atoms with van der Waals surface area (Å²) in [6.07, 6.45) is 2.26. The minimum atomic E-state index is -0.555. The summed E-state index contributed by atoms with van der Waals surface area (Å²) < 4.78 is 16.5. The van der Waals surface area contributed by atoms with E-state index >= 15 is 0 Å². The van der Waals surface area contributed by atoms with Crippen LogP contribution in [0.2, 0.25) is 5.02 Å². The van der Waals surface area contributed by atoms with E-state index in [4.69, 9.17) is 25.8 Å². The first-order valence-corrected chi connectivity index (χ1v) is 9.57. The van der Waals surface area contributed by atoms with Crippen molar-refractivity contribution in [3.8, 4) is 23.3 Å². The van der Waals surface area contributed by atoms with Crippen LogP contribution in [0.5, 0.6) is 17.2 Å². The Morgan fingerprint density at radius 3 is 2.62 bits per heavy atom. The summed E-state index contributed by atoms with van der Waals surface area (Å²) in [5.41, 5.74) is 0.941. The average Bonchev–Trinajstić information content (AvgIpc) is 2.72. The molecule has 152 valence electrons. The minimum absolute atomic E-state index is 0.0864. The van der Waals surface area contributed by atoms with E-state index < -0.39 is 5.91 Å². The molecular formula is C22H23ClN2O4. The van der Waals surface area contributed by atoms with Gasteiger partial charge in [-0.1, -0.05) is 30.7 Å². The smallest absolute Gasteiger partial charge is 0.266 e. The molecule has 29 heavy (non-hydrogen) atoms. The first-order valence-electron chi connectivity index (χ1n) is 9.19. The summed E-state index contributed by atoms with van der Waals surface area (Å²) in [7, 11) is 1.50. The number of nitrogens with one attached hydrogen (secondary N) is 1. The van der Waals surface area contributed by atoms with Gasteiger partial charge in [-0.3, -0.25) is 4.79 Å². The molecule has 6 nitrogen and oxygen atoms in total. The number of rotatable bonds is 9. The fraction of sp³-hybridized carbons (Fsp3) is 0.273. The molecule has 0 atom stereocenters. The molecule has 0 unspecified atom stereocenters. The molecular weight excluding hydrogens is 392 g/mol. The van der Waals surface area contributed by atoms with Gasteiger partial charge in [0.05, 0.1) is 31.0 Å². The second kappa shape index (κ2) is 11.0. The molecule has 0 aromatic heterocycles. The number of halogens is 1. The molecule has 0 aliphatic heterocycles. The first-order chi connectivity index (χ1) is 14.0. The predicted octanol–water partition coefficient (Wildman–Crippen LogP) is 5.08. The minimum Gasteiger partial charge on any atom is -0.493 e. The third-order valence-corrected chi connectivity index (χ3v) is 4.09. The van der Waals surface area contributed by atoms with Crippen LogP contribution in [0.4, 0.5) is 5.69 Å². The quantitative estimate of drug-likeness (QED) is 0.457.